The maximum atomic E-state index is 6.57. The molecule has 1 saturated heterocycles. The molecule has 8 nitrogen and oxygen atoms in total. The lowest BCUT2D eigenvalue weighted by molar-refractivity contribution is 0.00578. The smallest absolute Gasteiger partial charge is 0.455 e. The van der Waals surface area contributed by atoms with Crippen LogP contribution in [0.1, 0.15) is 27.7 Å². The molecule has 0 bridgehead atoms. The lowest BCUT2D eigenvalue weighted by Gasteiger charge is -2.32. The summed E-state index contributed by atoms with van der Waals surface area (Å²) in [6.07, 6.45) is 0. The second kappa shape index (κ2) is 20.4. The van der Waals surface area contributed by atoms with Gasteiger partial charge in [-0.3, -0.25) is 0 Å². The summed E-state index contributed by atoms with van der Waals surface area (Å²) in [7, 11) is -0.444. The van der Waals surface area contributed by atoms with E-state index in [0.29, 0.717) is 16.7 Å². The van der Waals surface area contributed by atoms with E-state index in [9.17, 15) is 0 Å². The van der Waals surface area contributed by atoms with Gasteiger partial charge in [0.25, 0.3) is 0 Å². The molecule has 12 heteroatoms. The molecular formula is C74H50BClN4O4S2. The molecule has 1 aliphatic heterocycles. The average molecular weight is 1170 g/mol. The molecule has 0 radical (unpaired) electrons. The molecule has 0 saturated carbocycles. The van der Waals surface area contributed by atoms with Crippen molar-refractivity contribution in [1.29, 1.82) is 0 Å². The zero-order valence-electron chi connectivity index (χ0n) is 47.1. The Labute approximate surface area is 508 Å². The molecule has 17 rings (SSSR count). The van der Waals surface area contributed by atoms with E-state index in [-0.39, 0.29) is 0 Å². The van der Waals surface area contributed by atoms with Crippen LogP contribution in [0.3, 0.4) is 0 Å². The predicted molar refractivity (Wildman–Crippen MR) is 358 cm³/mol. The first kappa shape index (κ1) is 52.2. The Bertz CT molecular complexity index is 5310. The van der Waals surface area contributed by atoms with Crippen LogP contribution in [0.5, 0.6) is 0 Å². The highest BCUT2D eigenvalue weighted by atomic mass is 35.5. The number of furan rings is 2. The molecule has 10 aromatic carbocycles. The summed E-state index contributed by atoms with van der Waals surface area (Å²) in [5.74, 6) is 1.43. The molecule has 86 heavy (non-hydrogen) atoms. The van der Waals surface area contributed by atoms with Crippen molar-refractivity contribution >= 4 is 131 Å². The van der Waals surface area contributed by atoms with Crippen molar-refractivity contribution in [3.05, 3.63) is 236 Å². The van der Waals surface area contributed by atoms with Crippen LogP contribution in [-0.2, 0) is 9.31 Å². The maximum Gasteiger partial charge on any atom is 0.494 e. The van der Waals surface area contributed by atoms with Crippen molar-refractivity contribution in [3.63, 3.8) is 0 Å². The summed E-state index contributed by atoms with van der Waals surface area (Å²) in [6.45, 7) is 8.28. The molecule has 7 heterocycles. The van der Waals surface area contributed by atoms with Crippen LogP contribution >= 0.6 is 34.3 Å². The van der Waals surface area contributed by atoms with Crippen molar-refractivity contribution in [2.24, 2.45) is 0 Å². The third-order valence-electron chi connectivity index (χ3n) is 17.0. The second-order valence-electron chi connectivity index (χ2n) is 22.8. The predicted octanol–water partition coefficient (Wildman–Crippen LogP) is 20.4. The molecule has 1 fully saturated rings. The number of fused-ring (bicyclic) bond motifs is 12. The van der Waals surface area contributed by atoms with Gasteiger partial charge in [0.1, 0.15) is 22.3 Å². The van der Waals surface area contributed by atoms with Crippen LogP contribution in [0.25, 0.3) is 152 Å². The van der Waals surface area contributed by atoms with Gasteiger partial charge in [0.15, 0.2) is 11.6 Å². The van der Waals surface area contributed by atoms with Crippen LogP contribution in [0.2, 0.25) is 5.02 Å². The lowest BCUT2D eigenvalue weighted by atomic mass is 9.79. The number of hydrogen-bond acceptors (Lipinski definition) is 10. The number of thiophene rings is 2. The molecule has 0 spiro atoms. The first-order valence-electron chi connectivity index (χ1n) is 28.6. The number of nitrogens with zero attached hydrogens (tertiary/aromatic N) is 4. The van der Waals surface area contributed by atoms with E-state index in [2.05, 4.69) is 228 Å². The highest BCUT2D eigenvalue weighted by Crippen LogP contribution is 2.44. The Kier molecular flexibility index (Phi) is 12.4. The monoisotopic (exact) mass is 1170 g/mol. The summed E-state index contributed by atoms with van der Waals surface area (Å²) in [4.78, 5) is 20.4. The van der Waals surface area contributed by atoms with Crippen molar-refractivity contribution in [2.75, 3.05) is 0 Å². The SMILES string of the molecule is CC1(C)OB(c2ccc3c(c2)oc2c(-c4ccc(-c5nc(-c6ccccc6)c6sc7ccccc7c6n5)cc4)cccc23)OC1(C)C.Clc1ccc2c(c1)oc1c(-c3ccc(-c4nc(-c5ccccc5)c5sc6ccccc6c5n4)cc3)cccc12. The molecule has 1 aliphatic rings. The molecule has 0 amide bonds. The van der Waals surface area contributed by atoms with Gasteiger partial charge in [-0.25, -0.2) is 19.9 Å². The Balaban J connectivity index is 0.000000142. The third-order valence-corrected chi connectivity index (χ3v) is 19.5. The lowest BCUT2D eigenvalue weighted by Crippen LogP contribution is -2.41. The van der Waals surface area contributed by atoms with Crippen LogP contribution in [-0.4, -0.2) is 38.3 Å². The van der Waals surface area contributed by atoms with Crippen molar-refractivity contribution in [3.8, 4) is 67.5 Å². The van der Waals surface area contributed by atoms with E-state index in [1.54, 1.807) is 22.7 Å². The number of hydrogen-bond donors (Lipinski definition) is 0. The molecular weight excluding hydrogens is 1120 g/mol. The van der Waals surface area contributed by atoms with Crippen molar-refractivity contribution < 1.29 is 18.1 Å². The van der Waals surface area contributed by atoms with Crippen molar-refractivity contribution in [2.45, 2.75) is 38.9 Å². The zero-order valence-corrected chi connectivity index (χ0v) is 49.5. The summed E-state index contributed by atoms with van der Waals surface area (Å²) in [6, 6.07) is 79.1. The summed E-state index contributed by atoms with van der Waals surface area (Å²) >= 11 is 9.71. The van der Waals surface area contributed by atoms with E-state index in [1.165, 1.54) is 9.40 Å². The quantitative estimate of drug-likeness (QED) is 0.146. The number of halogens is 1. The first-order chi connectivity index (χ1) is 42.0. The Morgan fingerprint density at radius 2 is 0.791 bits per heavy atom. The van der Waals surface area contributed by atoms with Gasteiger partial charge >= 0.3 is 7.12 Å². The van der Waals surface area contributed by atoms with Gasteiger partial charge in [0.2, 0.25) is 0 Å². The molecule has 6 aromatic heterocycles. The number of benzene rings is 10. The van der Waals surface area contributed by atoms with Gasteiger partial charge in [-0.2, -0.15) is 0 Å². The fourth-order valence-electron chi connectivity index (χ4n) is 11.8. The summed E-state index contributed by atoms with van der Waals surface area (Å²) < 4.78 is 30.1. The van der Waals surface area contributed by atoms with E-state index in [4.69, 9.17) is 49.7 Å². The van der Waals surface area contributed by atoms with Crippen LogP contribution in [0.4, 0.5) is 0 Å². The fraction of sp³-hybridized carbons (Fsp3) is 0.0811. The van der Waals surface area contributed by atoms with E-state index < -0.39 is 18.3 Å². The highest BCUT2D eigenvalue weighted by Gasteiger charge is 2.51. The van der Waals surface area contributed by atoms with Crippen LogP contribution in [0.15, 0.2) is 239 Å². The molecule has 412 valence electrons. The largest absolute Gasteiger partial charge is 0.494 e. The minimum absolute atomic E-state index is 0.406. The molecule has 0 unspecified atom stereocenters. The third kappa shape index (κ3) is 8.88. The maximum absolute atomic E-state index is 6.57. The normalized spacial score (nSPS) is 13.9. The molecule has 0 N–H and O–H groups in total. The Morgan fingerprint density at radius 1 is 0.372 bits per heavy atom. The number of rotatable bonds is 7. The summed E-state index contributed by atoms with van der Waals surface area (Å²) in [5.41, 5.74) is 15.7. The Hall–Kier alpha value is -9.33. The van der Waals surface area contributed by atoms with E-state index >= 15 is 0 Å². The minimum Gasteiger partial charge on any atom is -0.455 e. The first-order valence-corrected chi connectivity index (χ1v) is 30.6. The van der Waals surface area contributed by atoms with Gasteiger partial charge in [0.05, 0.1) is 43.0 Å². The minimum atomic E-state index is -0.444. The van der Waals surface area contributed by atoms with E-state index in [0.717, 1.165) is 136 Å². The molecule has 0 aliphatic carbocycles. The number of para-hydroxylation sites is 2. The summed E-state index contributed by atoms with van der Waals surface area (Å²) in [5, 5.41) is 7.26. The van der Waals surface area contributed by atoms with Gasteiger partial charge < -0.3 is 18.1 Å². The average Bonchev–Trinajstić information content (AvgIpc) is 2.03. The van der Waals surface area contributed by atoms with E-state index in [1.807, 2.05) is 30.3 Å². The highest BCUT2D eigenvalue weighted by molar-refractivity contribution is 7.26. The second-order valence-corrected chi connectivity index (χ2v) is 25.3. The molecule has 16 aromatic rings. The van der Waals surface area contributed by atoms with Gasteiger partial charge in [-0.15, -0.1) is 22.7 Å². The van der Waals surface area contributed by atoms with Gasteiger partial charge in [-0.1, -0.05) is 206 Å². The Morgan fingerprint density at radius 3 is 1.28 bits per heavy atom. The number of aromatic nitrogens is 4. The van der Waals surface area contributed by atoms with Gasteiger partial charge in [0, 0.05) is 86.2 Å². The topological polar surface area (TPSA) is 96.3 Å². The molecule has 0 atom stereocenters. The zero-order chi connectivity index (χ0) is 57.8. The van der Waals surface area contributed by atoms with Gasteiger partial charge in [-0.05, 0) is 74.6 Å². The van der Waals surface area contributed by atoms with Crippen LogP contribution in [0, 0.1) is 0 Å². The standard InChI is InChI=1S/C40H31BN2O3S.C34H19ClN2OS/c1-39(2)40(3,4)46-41(45-39)27-21-22-29-30-15-10-14-28(36(30)44-32(29)23-27)24-17-19-26(20-18-24)38-42-34(25-11-6-5-7-12-25)37-35(43-38)31-13-8-9-16-33(31)47-37;35-23-17-18-25-26-11-6-10-24(32(26)38-28(25)19-23)20-13-15-22(16-14-20)34-36-30(21-7-2-1-3-8-21)33-31(37-34)27-9-4-5-12-29(27)39-33/h5-23H,1-4H3;1-19H. The fourth-order valence-corrected chi connectivity index (χ4v) is 14.3. The van der Waals surface area contributed by atoms with Crippen LogP contribution < -0.4 is 5.46 Å². The van der Waals surface area contributed by atoms with Crippen molar-refractivity contribution in [1.82, 2.24) is 19.9 Å².